The van der Waals surface area contributed by atoms with Crippen molar-refractivity contribution in [2.45, 2.75) is 26.2 Å². The topological polar surface area (TPSA) is 57.9 Å². The van der Waals surface area contributed by atoms with Gasteiger partial charge in [-0.25, -0.2) is 10.6 Å². The molecule has 0 amide bonds. The van der Waals surface area contributed by atoms with Gasteiger partial charge in [-0.1, -0.05) is 16.9 Å². The highest BCUT2D eigenvalue weighted by Crippen LogP contribution is 2.05. The van der Waals surface area contributed by atoms with Gasteiger partial charge in [0, 0.05) is 13.3 Å². The van der Waals surface area contributed by atoms with E-state index in [-0.39, 0.29) is 5.91 Å². The number of nitrogens with zero attached hydrogens (tertiary/aromatic N) is 2. The Morgan fingerprint density at radius 1 is 1.40 bits per heavy atom. The van der Waals surface area contributed by atoms with Crippen LogP contribution < -0.4 is 10.6 Å². The molecule has 0 aromatic heterocycles. The molecule has 10 heavy (non-hydrogen) atoms. The van der Waals surface area contributed by atoms with Gasteiger partial charge in [-0.2, -0.15) is 0 Å². The van der Waals surface area contributed by atoms with Crippen molar-refractivity contribution in [2.24, 2.45) is 9.98 Å². The van der Waals surface area contributed by atoms with Crippen molar-refractivity contribution in [3.63, 3.8) is 0 Å². The number of quaternary nitrogens is 2. The second-order valence-corrected chi connectivity index (χ2v) is 2.78. The van der Waals surface area contributed by atoms with E-state index in [0.717, 1.165) is 12.3 Å². The standard InChI is InChI=1S/C6H10N4/c1-3-5-9-6(10-5)7-4(2)8-6/h3H2,1-2H3,(H,7,8)(H,9,10)/p+2. The van der Waals surface area contributed by atoms with E-state index in [9.17, 15) is 0 Å². The average Bonchev–Trinajstić information content (AvgIpc) is 1.74. The van der Waals surface area contributed by atoms with Crippen molar-refractivity contribution in [1.29, 1.82) is 0 Å². The summed E-state index contributed by atoms with van der Waals surface area (Å²) >= 11 is 0. The predicted molar refractivity (Wildman–Crippen MR) is 37.4 cm³/mol. The first-order valence-corrected chi connectivity index (χ1v) is 3.61. The molecule has 4 N–H and O–H groups in total. The Kier molecular flexibility index (Phi) is 0.988. The minimum Gasteiger partial charge on any atom is -0.205 e. The molecule has 0 radical (unpaired) electrons. The van der Waals surface area contributed by atoms with Crippen LogP contribution in [0.25, 0.3) is 0 Å². The molecule has 0 aromatic carbocycles. The Labute approximate surface area is 59.4 Å². The highest BCUT2D eigenvalue weighted by atomic mass is 15.6. The molecule has 2 aliphatic rings. The van der Waals surface area contributed by atoms with Crippen molar-refractivity contribution in [2.75, 3.05) is 0 Å². The third-order valence-corrected chi connectivity index (χ3v) is 1.84. The summed E-state index contributed by atoms with van der Waals surface area (Å²) in [5, 5.41) is 4.21. The van der Waals surface area contributed by atoms with Gasteiger partial charge in [0.1, 0.15) is 0 Å². The first-order chi connectivity index (χ1) is 4.74. The van der Waals surface area contributed by atoms with Gasteiger partial charge >= 0.3 is 5.91 Å². The van der Waals surface area contributed by atoms with Crippen LogP contribution in [0.3, 0.4) is 0 Å². The third kappa shape index (κ3) is 0.629. The van der Waals surface area contributed by atoms with E-state index in [0.29, 0.717) is 0 Å². The lowest BCUT2D eigenvalue weighted by Crippen LogP contribution is -3.28. The lowest BCUT2D eigenvalue weighted by atomic mass is 10.3. The van der Waals surface area contributed by atoms with Gasteiger partial charge in [0.05, 0.1) is 0 Å². The van der Waals surface area contributed by atoms with Crippen LogP contribution in [0.4, 0.5) is 0 Å². The van der Waals surface area contributed by atoms with Crippen LogP contribution in [-0.4, -0.2) is 17.6 Å². The highest BCUT2D eigenvalue weighted by molar-refractivity contribution is 5.79. The quantitative estimate of drug-likeness (QED) is 0.422. The molecule has 0 aliphatic carbocycles. The summed E-state index contributed by atoms with van der Waals surface area (Å²) in [6.07, 6.45) is 1.03. The van der Waals surface area contributed by atoms with Crippen LogP contribution in [0.15, 0.2) is 9.98 Å². The van der Waals surface area contributed by atoms with Crippen LogP contribution in [0, 0.1) is 0 Å². The molecule has 0 fully saturated rings. The third-order valence-electron chi connectivity index (χ3n) is 1.84. The van der Waals surface area contributed by atoms with Gasteiger partial charge in [0.25, 0.3) is 0 Å². The molecular weight excluding hydrogens is 128 g/mol. The lowest BCUT2D eigenvalue weighted by Gasteiger charge is -2.32. The van der Waals surface area contributed by atoms with Crippen molar-refractivity contribution in [3.8, 4) is 0 Å². The normalized spacial score (nSPS) is 36.2. The fraction of sp³-hybridized carbons (Fsp3) is 0.667. The fourth-order valence-corrected chi connectivity index (χ4v) is 1.37. The molecular formula is C6H12N4+2. The second-order valence-electron chi connectivity index (χ2n) is 2.78. The van der Waals surface area contributed by atoms with E-state index in [1.807, 2.05) is 6.92 Å². The van der Waals surface area contributed by atoms with Gasteiger partial charge in [-0.15, -0.1) is 0 Å². The largest absolute Gasteiger partial charge is 0.449 e. The summed E-state index contributed by atoms with van der Waals surface area (Å²) in [4.78, 5) is 8.62. The average molecular weight is 140 g/mol. The van der Waals surface area contributed by atoms with E-state index in [4.69, 9.17) is 0 Å². The molecule has 2 rings (SSSR count). The Balaban J connectivity index is 2.09. The van der Waals surface area contributed by atoms with E-state index in [1.54, 1.807) is 0 Å². The molecule has 1 unspecified atom stereocenters. The van der Waals surface area contributed by atoms with Gasteiger partial charge in [-0.3, -0.25) is 0 Å². The summed E-state index contributed by atoms with van der Waals surface area (Å²) in [5.41, 5.74) is 0. The van der Waals surface area contributed by atoms with Gasteiger partial charge < -0.3 is 0 Å². The summed E-state index contributed by atoms with van der Waals surface area (Å²) < 4.78 is 0. The number of amidine groups is 2. The number of hydrogen-bond acceptors (Lipinski definition) is 2. The Hall–Kier alpha value is -0.740. The zero-order chi connectivity index (χ0) is 7.19. The van der Waals surface area contributed by atoms with Gasteiger partial charge in [-0.05, 0) is 0 Å². The summed E-state index contributed by atoms with van der Waals surface area (Å²) in [7, 11) is 0. The molecule has 0 saturated heterocycles. The van der Waals surface area contributed by atoms with Crippen molar-refractivity contribution < 1.29 is 10.6 Å². The minimum absolute atomic E-state index is 0.185. The Bertz CT molecular complexity index is 230. The van der Waals surface area contributed by atoms with Crippen LogP contribution in [-0.2, 0) is 0 Å². The number of rotatable bonds is 1. The molecule has 0 aromatic rings. The number of aliphatic imine (C=N–C) groups is 2. The van der Waals surface area contributed by atoms with Crippen LogP contribution in [0.2, 0.25) is 0 Å². The molecule has 4 heteroatoms. The molecule has 2 aliphatic heterocycles. The second kappa shape index (κ2) is 1.65. The van der Waals surface area contributed by atoms with E-state index in [2.05, 4.69) is 27.5 Å². The monoisotopic (exact) mass is 140 g/mol. The molecule has 1 atom stereocenters. The predicted octanol–water partition coefficient (Wildman–Crippen LogP) is -2.02. The number of hydrogen-bond donors (Lipinski definition) is 2. The van der Waals surface area contributed by atoms with Crippen molar-refractivity contribution >= 4 is 11.7 Å². The van der Waals surface area contributed by atoms with Crippen LogP contribution in [0.5, 0.6) is 0 Å². The molecule has 0 saturated carbocycles. The molecule has 4 nitrogen and oxygen atoms in total. The minimum atomic E-state index is -0.185. The maximum atomic E-state index is 4.35. The Morgan fingerprint density at radius 3 is 2.40 bits per heavy atom. The SMILES string of the molecule is CCC1=NC2(N=C(C)[NH2+]2)[NH2+]1. The van der Waals surface area contributed by atoms with Gasteiger partial charge in [0.15, 0.2) is 0 Å². The van der Waals surface area contributed by atoms with Crippen LogP contribution >= 0.6 is 0 Å². The van der Waals surface area contributed by atoms with Crippen molar-refractivity contribution in [1.82, 2.24) is 0 Å². The maximum Gasteiger partial charge on any atom is 0.449 e. The highest BCUT2D eigenvalue weighted by Gasteiger charge is 2.54. The van der Waals surface area contributed by atoms with E-state index in [1.165, 1.54) is 5.84 Å². The van der Waals surface area contributed by atoms with Gasteiger partial charge in [0.2, 0.25) is 11.7 Å². The Morgan fingerprint density at radius 2 is 2.00 bits per heavy atom. The molecule has 1 spiro atoms. The smallest absolute Gasteiger partial charge is 0.205 e. The lowest BCUT2D eigenvalue weighted by molar-refractivity contribution is -0.898. The zero-order valence-electron chi connectivity index (χ0n) is 6.26. The summed E-state index contributed by atoms with van der Waals surface area (Å²) in [5.74, 6) is 2.11. The molecule has 2 heterocycles. The maximum absolute atomic E-state index is 4.35. The zero-order valence-corrected chi connectivity index (χ0v) is 6.26. The molecule has 54 valence electrons. The summed E-state index contributed by atoms with van der Waals surface area (Å²) in [6.45, 7) is 4.11. The van der Waals surface area contributed by atoms with Crippen molar-refractivity contribution in [3.05, 3.63) is 0 Å². The first-order valence-electron chi connectivity index (χ1n) is 3.61. The van der Waals surface area contributed by atoms with Crippen LogP contribution in [0.1, 0.15) is 20.3 Å². The van der Waals surface area contributed by atoms with E-state index < -0.39 is 0 Å². The molecule has 0 bridgehead atoms. The number of nitrogens with two attached hydrogens (primary N) is 2. The fourth-order valence-electron chi connectivity index (χ4n) is 1.37. The summed E-state index contributed by atoms with van der Waals surface area (Å²) in [6, 6.07) is 0. The van der Waals surface area contributed by atoms with E-state index >= 15 is 0 Å². The first kappa shape index (κ1) is 6.00.